The minimum Gasteiger partial charge on any atom is -0.495 e. The van der Waals surface area contributed by atoms with Crippen LogP contribution in [-0.2, 0) is 26.2 Å². The third-order valence-electron chi connectivity index (χ3n) is 6.74. The van der Waals surface area contributed by atoms with E-state index >= 15 is 0 Å². The Kier molecular flexibility index (Phi) is 11.5. The molecule has 0 aliphatic rings. The summed E-state index contributed by atoms with van der Waals surface area (Å²) < 4.78 is 34.4. The number of anilines is 1. The second kappa shape index (κ2) is 14.6. The van der Waals surface area contributed by atoms with Crippen LogP contribution in [-0.4, -0.2) is 50.9 Å². The molecule has 0 aromatic heterocycles. The average Bonchev–Trinajstić information content (AvgIpc) is 2.97. The second-order valence-corrected chi connectivity index (χ2v) is 12.1. The summed E-state index contributed by atoms with van der Waals surface area (Å²) in [7, 11) is -2.80. The van der Waals surface area contributed by atoms with Crippen molar-refractivity contribution in [2.24, 2.45) is 0 Å². The molecule has 0 saturated heterocycles. The van der Waals surface area contributed by atoms with Gasteiger partial charge in [0.1, 0.15) is 18.3 Å². The number of nitrogens with one attached hydrogen (secondary N) is 1. The predicted octanol–water partition coefficient (Wildman–Crippen LogP) is 5.92. The second-order valence-electron chi connectivity index (χ2n) is 9.46. The molecule has 3 aromatic carbocycles. The molecule has 1 N–H and O–H groups in total. The van der Waals surface area contributed by atoms with Gasteiger partial charge in [0.2, 0.25) is 11.8 Å². The minimum atomic E-state index is -4.23. The van der Waals surface area contributed by atoms with Crippen molar-refractivity contribution in [1.82, 2.24) is 10.2 Å². The van der Waals surface area contributed by atoms with Gasteiger partial charge < -0.3 is 15.0 Å². The number of sulfonamides is 1. The van der Waals surface area contributed by atoms with Crippen LogP contribution in [0.5, 0.6) is 5.75 Å². The van der Waals surface area contributed by atoms with Crippen molar-refractivity contribution in [2.45, 2.75) is 57.1 Å². The summed E-state index contributed by atoms with van der Waals surface area (Å²) in [4.78, 5) is 28.9. The number of amides is 2. The molecule has 0 saturated carbocycles. The third kappa shape index (κ3) is 7.72. The van der Waals surface area contributed by atoms with E-state index in [-0.39, 0.29) is 41.2 Å². The highest BCUT2D eigenvalue weighted by Crippen LogP contribution is 2.33. The van der Waals surface area contributed by atoms with Crippen LogP contribution in [0.15, 0.2) is 77.7 Å². The Morgan fingerprint density at radius 1 is 0.902 bits per heavy atom. The maximum atomic E-state index is 14.2. The molecule has 3 aromatic rings. The van der Waals surface area contributed by atoms with Gasteiger partial charge in [-0.1, -0.05) is 73.4 Å². The quantitative estimate of drug-likeness (QED) is 0.256. The van der Waals surface area contributed by atoms with E-state index in [0.717, 1.165) is 4.31 Å². The molecule has 0 aliphatic carbocycles. The van der Waals surface area contributed by atoms with Crippen LogP contribution in [0, 0.1) is 0 Å². The molecule has 0 heterocycles. The van der Waals surface area contributed by atoms with Gasteiger partial charge in [0.05, 0.1) is 17.7 Å². The zero-order chi connectivity index (χ0) is 30.2. The van der Waals surface area contributed by atoms with E-state index in [4.69, 9.17) is 27.9 Å². The molecular formula is C30H35Cl2N3O5S. The molecule has 11 heteroatoms. The molecule has 0 unspecified atom stereocenters. The number of carbonyl (C=O) groups excluding carboxylic acids is 2. The van der Waals surface area contributed by atoms with Gasteiger partial charge >= 0.3 is 0 Å². The first-order valence-corrected chi connectivity index (χ1v) is 15.5. The lowest BCUT2D eigenvalue weighted by atomic mass is 10.1. The topological polar surface area (TPSA) is 96.0 Å². The van der Waals surface area contributed by atoms with E-state index in [1.54, 1.807) is 67.6 Å². The Labute approximate surface area is 252 Å². The van der Waals surface area contributed by atoms with Crippen LogP contribution in [0.25, 0.3) is 0 Å². The van der Waals surface area contributed by atoms with Gasteiger partial charge in [-0.3, -0.25) is 13.9 Å². The van der Waals surface area contributed by atoms with E-state index in [1.807, 2.05) is 13.8 Å². The largest absolute Gasteiger partial charge is 0.495 e. The maximum Gasteiger partial charge on any atom is 0.264 e. The van der Waals surface area contributed by atoms with Crippen LogP contribution in [0.2, 0.25) is 10.0 Å². The van der Waals surface area contributed by atoms with Crippen molar-refractivity contribution in [3.05, 3.63) is 88.4 Å². The van der Waals surface area contributed by atoms with Gasteiger partial charge in [0.15, 0.2) is 0 Å². The number of methoxy groups -OCH3 is 1. The van der Waals surface area contributed by atoms with E-state index in [0.29, 0.717) is 22.0 Å². The highest BCUT2D eigenvalue weighted by atomic mass is 35.5. The summed E-state index contributed by atoms with van der Waals surface area (Å²) in [6.45, 7) is 4.89. The number of halogens is 2. The molecule has 41 heavy (non-hydrogen) atoms. The monoisotopic (exact) mass is 619 g/mol. The lowest BCUT2D eigenvalue weighted by Crippen LogP contribution is -2.53. The number of ether oxygens (including phenoxy) is 1. The molecule has 0 aliphatic heterocycles. The molecular weight excluding hydrogens is 585 g/mol. The van der Waals surface area contributed by atoms with Crippen molar-refractivity contribution >= 4 is 50.7 Å². The fourth-order valence-electron chi connectivity index (χ4n) is 4.28. The van der Waals surface area contributed by atoms with Crippen LogP contribution in [0.4, 0.5) is 5.69 Å². The number of para-hydroxylation sites is 2. The lowest BCUT2D eigenvalue weighted by molar-refractivity contribution is -0.140. The molecule has 0 bridgehead atoms. The standard InChI is InChI=1S/C30H35Cl2N3O5S/c1-5-21(3)33-30(37)26(6-2)34(19-23-24(31)15-12-16-25(23)32)29(36)20-35(27-17-10-11-18-28(27)40-4)41(38,39)22-13-8-7-9-14-22/h7-18,21,26H,5-6,19-20H2,1-4H3,(H,33,37)/t21-,26-/m1/s1. The Hall–Kier alpha value is -3.27. The number of hydrogen-bond acceptors (Lipinski definition) is 5. The first-order valence-electron chi connectivity index (χ1n) is 13.3. The predicted molar refractivity (Wildman–Crippen MR) is 163 cm³/mol. The summed E-state index contributed by atoms with van der Waals surface area (Å²) >= 11 is 12.9. The van der Waals surface area contributed by atoms with E-state index in [9.17, 15) is 18.0 Å². The van der Waals surface area contributed by atoms with Crippen molar-refractivity contribution in [3.8, 4) is 5.75 Å². The van der Waals surface area contributed by atoms with E-state index in [2.05, 4.69) is 5.32 Å². The zero-order valence-corrected chi connectivity index (χ0v) is 25.8. The molecule has 220 valence electrons. The van der Waals surface area contributed by atoms with Crippen LogP contribution >= 0.6 is 23.2 Å². The fraction of sp³-hybridized carbons (Fsp3) is 0.333. The Bertz CT molecular complexity index is 1430. The van der Waals surface area contributed by atoms with Gasteiger partial charge in [-0.2, -0.15) is 0 Å². The van der Waals surface area contributed by atoms with Crippen molar-refractivity contribution < 1.29 is 22.7 Å². The van der Waals surface area contributed by atoms with Gasteiger partial charge in [0, 0.05) is 28.2 Å². The lowest BCUT2D eigenvalue weighted by Gasteiger charge is -2.34. The summed E-state index contributed by atoms with van der Waals surface area (Å²) in [5.74, 6) is -0.701. The summed E-state index contributed by atoms with van der Waals surface area (Å²) in [5, 5.41) is 3.59. The smallest absolute Gasteiger partial charge is 0.264 e. The van der Waals surface area contributed by atoms with E-state index in [1.165, 1.54) is 24.1 Å². The summed E-state index contributed by atoms with van der Waals surface area (Å²) in [5.41, 5.74) is 0.633. The Balaban J connectivity index is 2.13. The first-order chi connectivity index (χ1) is 19.5. The highest BCUT2D eigenvalue weighted by molar-refractivity contribution is 7.92. The SMILES string of the molecule is CC[C@@H](C)NC(=O)[C@@H](CC)N(Cc1c(Cl)cccc1Cl)C(=O)CN(c1ccccc1OC)S(=O)(=O)c1ccccc1. The summed E-state index contributed by atoms with van der Waals surface area (Å²) in [6, 6.07) is 18.3. The molecule has 2 atom stereocenters. The zero-order valence-electron chi connectivity index (χ0n) is 23.5. The van der Waals surface area contributed by atoms with Crippen molar-refractivity contribution in [2.75, 3.05) is 18.0 Å². The first kappa shape index (κ1) is 32.2. The van der Waals surface area contributed by atoms with Crippen molar-refractivity contribution in [1.29, 1.82) is 0 Å². The number of hydrogen-bond donors (Lipinski definition) is 1. The molecule has 0 radical (unpaired) electrons. The van der Waals surface area contributed by atoms with Crippen LogP contribution < -0.4 is 14.4 Å². The third-order valence-corrected chi connectivity index (χ3v) is 9.22. The number of nitrogens with zero attached hydrogens (tertiary/aromatic N) is 2. The molecule has 0 spiro atoms. The van der Waals surface area contributed by atoms with Crippen LogP contribution in [0.1, 0.15) is 39.2 Å². The number of rotatable bonds is 13. The maximum absolute atomic E-state index is 14.2. The normalized spacial score (nSPS) is 12.7. The fourth-order valence-corrected chi connectivity index (χ4v) is 6.25. The van der Waals surface area contributed by atoms with Gasteiger partial charge in [0.25, 0.3) is 10.0 Å². The minimum absolute atomic E-state index is 0.000888. The summed E-state index contributed by atoms with van der Waals surface area (Å²) in [6.07, 6.45) is 0.972. The van der Waals surface area contributed by atoms with E-state index < -0.39 is 28.5 Å². The van der Waals surface area contributed by atoms with Gasteiger partial charge in [-0.25, -0.2) is 8.42 Å². The molecule has 8 nitrogen and oxygen atoms in total. The number of benzene rings is 3. The van der Waals surface area contributed by atoms with Gasteiger partial charge in [-0.15, -0.1) is 0 Å². The average molecular weight is 621 g/mol. The number of carbonyl (C=O) groups is 2. The highest BCUT2D eigenvalue weighted by Gasteiger charge is 2.35. The van der Waals surface area contributed by atoms with Crippen LogP contribution in [0.3, 0.4) is 0 Å². The van der Waals surface area contributed by atoms with Gasteiger partial charge in [-0.05, 0) is 56.2 Å². The Morgan fingerprint density at radius 2 is 1.51 bits per heavy atom. The Morgan fingerprint density at radius 3 is 2.10 bits per heavy atom. The molecule has 0 fully saturated rings. The molecule has 3 rings (SSSR count). The van der Waals surface area contributed by atoms with Crippen molar-refractivity contribution in [3.63, 3.8) is 0 Å². The molecule has 2 amide bonds.